The number of aryl methyl sites for hydroxylation is 1. The third-order valence-corrected chi connectivity index (χ3v) is 5.70. The van der Waals surface area contributed by atoms with E-state index in [4.69, 9.17) is 9.47 Å². The fraction of sp³-hybridized carbons (Fsp3) is 0.348. The van der Waals surface area contributed by atoms with Gasteiger partial charge in [0.25, 0.3) is 5.91 Å². The van der Waals surface area contributed by atoms with Gasteiger partial charge in [0.1, 0.15) is 18.7 Å². The summed E-state index contributed by atoms with van der Waals surface area (Å²) < 4.78 is 10.8. The molecule has 0 bridgehead atoms. The summed E-state index contributed by atoms with van der Waals surface area (Å²) >= 11 is 0. The molecule has 1 saturated heterocycles. The summed E-state index contributed by atoms with van der Waals surface area (Å²) in [7, 11) is 1.56. The molecule has 4 rings (SSSR count). The Morgan fingerprint density at radius 3 is 2.68 bits per heavy atom. The molecule has 1 atom stereocenters. The number of hydrogen-bond acceptors (Lipinski definition) is 5. The lowest BCUT2D eigenvalue weighted by atomic mass is 9.76. The molecule has 2 aromatic carbocycles. The minimum Gasteiger partial charge on any atom is -0.493 e. The van der Waals surface area contributed by atoms with E-state index in [1.807, 2.05) is 36.4 Å². The Morgan fingerprint density at radius 2 is 1.87 bits per heavy atom. The number of benzene rings is 2. The lowest BCUT2D eigenvalue weighted by molar-refractivity contribution is -0.135. The molecule has 0 aromatic heterocycles. The third kappa shape index (κ3) is 3.93. The van der Waals surface area contributed by atoms with E-state index in [1.54, 1.807) is 19.2 Å². The number of para-hydroxylation sites is 2. The van der Waals surface area contributed by atoms with Crippen LogP contribution in [0.1, 0.15) is 24.0 Å². The van der Waals surface area contributed by atoms with Gasteiger partial charge >= 0.3 is 6.03 Å². The van der Waals surface area contributed by atoms with Gasteiger partial charge < -0.3 is 20.1 Å². The number of urea groups is 1. The molecular formula is C23H25N3O5. The summed E-state index contributed by atoms with van der Waals surface area (Å²) in [4.78, 5) is 39.1. The number of carbonyl (C=O) groups is 3. The Balaban J connectivity index is 1.34. The molecule has 1 spiro atoms. The maximum absolute atomic E-state index is 13.2. The highest BCUT2D eigenvalue weighted by molar-refractivity contribution is 6.09. The Bertz CT molecular complexity index is 1010. The van der Waals surface area contributed by atoms with Gasteiger partial charge in [-0.15, -0.1) is 0 Å². The highest BCUT2D eigenvalue weighted by Crippen LogP contribution is 2.39. The topological polar surface area (TPSA) is 97.0 Å². The Labute approximate surface area is 180 Å². The van der Waals surface area contributed by atoms with Gasteiger partial charge in [0, 0.05) is 0 Å². The van der Waals surface area contributed by atoms with Gasteiger partial charge in [-0.2, -0.15) is 0 Å². The van der Waals surface area contributed by atoms with Crippen LogP contribution in [0.25, 0.3) is 0 Å². The number of rotatable bonds is 7. The first kappa shape index (κ1) is 20.7. The summed E-state index contributed by atoms with van der Waals surface area (Å²) in [6, 6.07) is 14.3. The van der Waals surface area contributed by atoms with E-state index in [-0.39, 0.29) is 25.6 Å². The molecule has 2 aliphatic rings. The zero-order chi connectivity index (χ0) is 21.8. The Morgan fingerprint density at radius 1 is 1.13 bits per heavy atom. The van der Waals surface area contributed by atoms with E-state index >= 15 is 0 Å². The van der Waals surface area contributed by atoms with E-state index in [0.717, 1.165) is 28.9 Å². The molecule has 0 unspecified atom stereocenters. The van der Waals surface area contributed by atoms with Crippen molar-refractivity contribution in [3.8, 4) is 11.5 Å². The smallest absolute Gasteiger partial charge is 0.325 e. The third-order valence-electron chi connectivity index (χ3n) is 5.70. The molecule has 4 amide bonds. The summed E-state index contributed by atoms with van der Waals surface area (Å²) in [5, 5.41) is 5.54. The second-order valence-corrected chi connectivity index (χ2v) is 7.59. The SMILES string of the molecule is COc1ccccc1OCCNC(=O)CN1C(=O)N[C@]2(CCCc3ccccc32)C1=O. The lowest BCUT2D eigenvalue weighted by Crippen LogP contribution is -2.47. The van der Waals surface area contributed by atoms with Gasteiger partial charge in [-0.1, -0.05) is 36.4 Å². The molecule has 2 N–H and O–H groups in total. The number of hydrogen-bond donors (Lipinski definition) is 2. The molecule has 2 aromatic rings. The number of methoxy groups -OCH3 is 1. The second kappa shape index (κ2) is 8.67. The molecular weight excluding hydrogens is 398 g/mol. The van der Waals surface area contributed by atoms with Crippen molar-refractivity contribution in [1.82, 2.24) is 15.5 Å². The number of ether oxygens (including phenoxy) is 2. The van der Waals surface area contributed by atoms with Crippen molar-refractivity contribution in [2.24, 2.45) is 0 Å². The van der Waals surface area contributed by atoms with Gasteiger partial charge in [-0.25, -0.2) is 4.79 Å². The largest absolute Gasteiger partial charge is 0.493 e. The zero-order valence-electron chi connectivity index (χ0n) is 17.3. The summed E-state index contributed by atoms with van der Waals surface area (Å²) in [6.45, 7) is 0.126. The highest BCUT2D eigenvalue weighted by atomic mass is 16.5. The fourth-order valence-corrected chi connectivity index (χ4v) is 4.24. The van der Waals surface area contributed by atoms with Crippen LogP contribution in [0.3, 0.4) is 0 Å². The average molecular weight is 423 g/mol. The predicted molar refractivity (Wildman–Crippen MR) is 113 cm³/mol. The number of nitrogens with zero attached hydrogens (tertiary/aromatic N) is 1. The number of fused-ring (bicyclic) bond motifs is 2. The first-order valence-corrected chi connectivity index (χ1v) is 10.3. The summed E-state index contributed by atoms with van der Waals surface area (Å²) in [5.41, 5.74) is 0.814. The molecule has 8 heteroatoms. The van der Waals surface area contributed by atoms with Gasteiger partial charge in [-0.3, -0.25) is 14.5 Å². The number of imide groups is 1. The minimum absolute atomic E-state index is 0.226. The Hall–Kier alpha value is -3.55. The minimum atomic E-state index is -1.07. The van der Waals surface area contributed by atoms with Crippen molar-refractivity contribution in [3.05, 3.63) is 59.7 Å². The number of nitrogens with one attached hydrogen (secondary N) is 2. The summed E-state index contributed by atoms with van der Waals surface area (Å²) in [6.07, 6.45) is 2.19. The van der Waals surface area contributed by atoms with Crippen LogP contribution in [0.2, 0.25) is 0 Å². The van der Waals surface area contributed by atoms with Gasteiger partial charge in [0.15, 0.2) is 11.5 Å². The standard InChI is InChI=1S/C23H25N3O5/c1-30-18-10-4-5-11-19(18)31-14-13-24-20(27)15-26-21(28)23(25-22(26)29)12-6-8-16-7-2-3-9-17(16)23/h2-5,7,9-11H,6,8,12-15H2,1H3,(H,24,27)(H,25,29)/t23-/m0/s1. The molecule has 0 saturated carbocycles. The van der Waals surface area contributed by atoms with Gasteiger partial charge in [0.05, 0.1) is 13.7 Å². The van der Waals surface area contributed by atoms with Crippen LogP contribution in [-0.2, 0) is 21.5 Å². The number of carbonyl (C=O) groups excluding carboxylic acids is 3. The zero-order valence-corrected chi connectivity index (χ0v) is 17.3. The molecule has 1 heterocycles. The molecule has 1 fully saturated rings. The van der Waals surface area contributed by atoms with Crippen molar-refractivity contribution in [2.75, 3.05) is 26.8 Å². The summed E-state index contributed by atoms with van der Waals surface area (Å²) in [5.74, 6) is 0.385. The van der Waals surface area contributed by atoms with Crippen LogP contribution in [-0.4, -0.2) is 49.6 Å². The van der Waals surface area contributed by atoms with E-state index in [0.29, 0.717) is 17.9 Å². The molecule has 1 aliphatic carbocycles. The maximum atomic E-state index is 13.2. The van der Waals surface area contributed by atoms with E-state index in [2.05, 4.69) is 10.6 Å². The first-order chi connectivity index (χ1) is 15.0. The van der Waals surface area contributed by atoms with Crippen LogP contribution in [0.5, 0.6) is 11.5 Å². The predicted octanol–water partition coefficient (Wildman–Crippen LogP) is 1.97. The molecule has 0 radical (unpaired) electrons. The van der Waals surface area contributed by atoms with E-state index in [1.165, 1.54) is 0 Å². The van der Waals surface area contributed by atoms with Crippen molar-refractivity contribution >= 4 is 17.8 Å². The lowest BCUT2D eigenvalue weighted by Gasteiger charge is -2.33. The van der Waals surface area contributed by atoms with Crippen molar-refractivity contribution < 1.29 is 23.9 Å². The van der Waals surface area contributed by atoms with Crippen molar-refractivity contribution in [3.63, 3.8) is 0 Å². The molecule has 8 nitrogen and oxygen atoms in total. The van der Waals surface area contributed by atoms with Crippen molar-refractivity contribution in [2.45, 2.75) is 24.8 Å². The quantitative estimate of drug-likeness (QED) is 0.524. The van der Waals surface area contributed by atoms with Gasteiger partial charge in [-0.05, 0) is 42.5 Å². The van der Waals surface area contributed by atoms with Crippen molar-refractivity contribution in [1.29, 1.82) is 0 Å². The Kier molecular flexibility index (Phi) is 5.79. The highest BCUT2D eigenvalue weighted by Gasteiger charge is 2.54. The first-order valence-electron chi connectivity index (χ1n) is 10.3. The average Bonchev–Trinajstić information content (AvgIpc) is 3.02. The molecule has 162 valence electrons. The molecule has 31 heavy (non-hydrogen) atoms. The van der Waals surface area contributed by atoms with Crippen LogP contribution >= 0.6 is 0 Å². The van der Waals surface area contributed by atoms with Crippen LogP contribution in [0.15, 0.2) is 48.5 Å². The monoisotopic (exact) mass is 423 g/mol. The van der Waals surface area contributed by atoms with E-state index < -0.39 is 17.5 Å². The molecule has 1 aliphatic heterocycles. The second-order valence-electron chi connectivity index (χ2n) is 7.59. The van der Waals surface area contributed by atoms with E-state index in [9.17, 15) is 14.4 Å². The number of amides is 4. The van der Waals surface area contributed by atoms with Crippen LogP contribution < -0.4 is 20.1 Å². The van der Waals surface area contributed by atoms with Crippen LogP contribution in [0.4, 0.5) is 4.79 Å². The fourth-order valence-electron chi connectivity index (χ4n) is 4.24. The normalized spacial score (nSPS) is 19.7. The maximum Gasteiger partial charge on any atom is 0.325 e. The van der Waals surface area contributed by atoms with Crippen LogP contribution in [0, 0.1) is 0 Å². The van der Waals surface area contributed by atoms with Gasteiger partial charge in [0.2, 0.25) is 5.91 Å².